The van der Waals surface area contributed by atoms with E-state index < -0.39 is 5.82 Å². The minimum Gasteiger partial charge on any atom is -0.353 e. The fraction of sp³-hybridized carbons (Fsp3) is 0.286. The molecule has 2 heterocycles. The SMILES string of the molecule is O=C1CC[C@@H](CSc2nonc2C(=Nc2ccc(F)c(Br)c2)NO)N1. The summed E-state index contributed by atoms with van der Waals surface area (Å²) in [6.45, 7) is 0. The van der Waals surface area contributed by atoms with E-state index in [0.29, 0.717) is 22.9 Å². The number of hydrogen-bond acceptors (Lipinski definition) is 7. The lowest BCUT2D eigenvalue weighted by molar-refractivity contribution is -0.119. The molecular formula is C14H13BrFN5O3S. The Morgan fingerprint density at radius 1 is 1.56 bits per heavy atom. The molecule has 0 aliphatic carbocycles. The van der Waals surface area contributed by atoms with Crippen molar-refractivity contribution in [2.24, 2.45) is 4.99 Å². The predicted octanol–water partition coefficient (Wildman–Crippen LogP) is 2.40. The van der Waals surface area contributed by atoms with E-state index in [1.807, 2.05) is 5.48 Å². The van der Waals surface area contributed by atoms with Crippen molar-refractivity contribution in [3.8, 4) is 0 Å². The van der Waals surface area contributed by atoms with Crippen LogP contribution in [0.4, 0.5) is 10.1 Å². The van der Waals surface area contributed by atoms with Crippen LogP contribution in [0.1, 0.15) is 18.5 Å². The Morgan fingerprint density at radius 2 is 2.40 bits per heavy atom. The van der Waals surface area contributed by atoms with Crippen molar-refractivity contribution in [1.29, 1.82) is 0 Å². The Labute approximate surface area is 154 Å². The van der Waals surface area contributed by atoms with Crippen LogP contribution in [0, 0.1) is 5.82 Å². The Morgan fingerprint density at radius 3 is 3.08 bits per heavy atom. The molecule has 1 saturated heterocycles. The molecule has 1 aromatic carbocycles. The summed E-state index contributed by atoms with van der Waals surface area (Å²) < 4.78 is 18.3. The quantitative estimate of drug-likeness (QED) is 0.289. The van der Waals surface area contributed by atoms with Crippen molar-refractivity contribution in [3.05, 3.63) is 34.2 Å². The second-order valence-electron chi connectivity index (χ2n) is 5.20. The number of thioether (sulfide) groups is 1. The van der Waals surface area contributed by atoms with Gasteiger partial charge in [0.25, 0.3) is 0 Å². The van der Waals surface area contributed by atoms with Crippen LogP contribution < -0.4 is 10.8 Å². The second kappa shape index (κ2) is 7.93. The molecule has 3 N–H and O–H groups in total. The van der Waals surface area contributed by atoms with E-state index in [1.54, 1.807) is 0 Å². The van der Waals surface area contributed by atoms with Crippen LogP contribution in [0.3, 0.4) is 0 Å². The van der Waals surface area contributed by atoms with Crippen molar-refractivity contribution < 1.29 is 19.0 Å². The molecule has 8 nitrogen and oxygen atoms in total. The first-order chi connectivity index (χ1) is 12.1. The van der Waals surface area contributed by atoms with Gasteiger partial charge in [-0.2, -0.15) is 0 Å². The van der Waals surface area contributed by atoms with Gasteiger partial charge in [-0.3, -0.25) is 15.5 Å². The normalized spacial score (nSPS) is 17.6. The molecule has 0 spiro atoms. The molecule has 25 heavy (non-hydrogen) atoms. The van der Waals surface area contributed by atoms with Gasteiger partial charge in [0.15, 0.2) is 16.6 Å². The number of amidine groups is 1. The van der Waals surface area contributed by atoms with E-state index in [-0.39, 0.29) is 28.0 Å². The molecule has 1 aliphatic heterocycles. The molecular weight excluding hydrogens is 417 g/mol. The number of rotatable bonds is 5. The minimum atomic E-state index is -0.421. The second-order valence-corrected chi connectivity index (χ2v) is 7.07. The van der Waals surface area contributed by atoms with Gasteiger partial charge in [-0.25, -0.2) is 14.0 Å². The highest BCUT2D eigenvalue weighted by Gasteiger charge is 2.23. The number of aromatic nitrogens is 2. The van der Waals surface area contributed by atoms with Gasteiger partial charge in [0, 0.05) is 18.2 Å². The molecule has 0 bridgehead atoms. The maximum Gasteiger partial charge on any atom is 0.220 e. The third kappa shape index (κ3) is 4.35. The van der Waals surface area contributed by atoms with Crippen molar-refractivity contribution in [1.82, 2.24) is 21.1 Å². The predicted molar refractivity (Wildman–Crippen MR) is 91.4 cm³/mol. The van der Waals surface area contributed by atoms with E-state index in [1.165, 1.54) is 30.0 Å². The first-order valence-corrected chi connectivity index (χ1v) is 9.03. The number of amides is 1. The van der Waals surface area contributed by atoms with Crippen molar-refractivity contribution >= 4 is 45.1 Å². The number of nitrogens with zero attached hydrogens (tertiary/aromatic N) is 3. The van der Waals surface area contributed by atoms with Crippen LogP contribution in [0.5, 0.6) is 0 Å². The summed E-state index contributed by atoms with van der Waals surface area (Å²) in [6, 6.07) is 4.21. The maximum atomic E-state index is 13.3. The molecule has 11 heteroatoms. The highest BCUT2D eigenvalue weighted by atomic mass is 79.9. The number of carbonyl (C=O) groups excluding carboxylic acids is 1. The fourth-order valence-corrected chi connectivity index (χ4v) is 3.55. The molecule has 0 saturated carbocycles. The number of hydrogen-bond donors (Lipinski definition) is 3. The maximum absolute atomic E-state index is 13.3. The van der Waals surface area contributed by atoms with Gasteiger partial charge in [0.05, 0.1) is 10.2 Å². The Bertz CT molecular complexity index is 816. The van der Waals surface area contributed by atoms with Crippen LogP contribution in [0.15, 0.2) is 37.3 Å². The first-order valence-electron chi connectivity index (χ1n) is 7.25. The zero-order valence-corrected chi connectivity index (χ0v) is 15.1. The monoisotopic (exact) mass is 429 g/mol. The lowest BCUT2D eigenvalue weighted by Gasteiger charge is -2.08. The molecule has 0 unspecified atom stereocenters. The molecule has 1 fully saturated rings. The van der Waals surface area contributed by atoms with Gasteiger partial charge >= 0.3 is 0 Å². The highest BCUT2D eigenvalue weighted by molar-refractivity contribution is 9.10. The molecule has 1 amide bonds. The molecule has 1 atom stereocenters. The molecule has 1 aliphatic rings. The van der Waals surface area contributed by atoms with E-state index in [9.17, 15) is 14.4 Å². The summed E-state index contributed by atoms with van der Waals surface area (Å²) in [7, 11) is 0. The lowest BCUT2D eigenvalue weighted by Crippen LogP contribution is -2.27. The van der Waals surface area contributed by atoms with Gasteiger partial charge < -0.3 is 5.32 Å². The van der Waals surface area contributed by atoms with Crippen molar-refractivity contribution in [2.45, 2.75) is 23.9 Å². The summed E-state index contributed by atoms with van der Waals surface area (Å²) in [4.78, 5) is 15.4. The Balaban J connectivity index is 1.77. The number of carbonyl (C=O) groups is 1. The Hall–Kier alpha value is -1.98. The summed E-state index contributed by atoms with van der Waals surface area (Å²) in [5.41, 5.74) is 2.57. The molecule has 1 aromatic heterocycles. The molecule has 3 rings (SSSR count). The average Bonchev–Trinajstić information content (AvgIpc) is 3.22. The van der Waals surface area contributed by atoms with Gasteiger partial charge in [0.1, 0.15) is 5.82 Å². The van der Waals surface area contributed by atoms with Crippen LogP contribution in [0.2, 0.25) is 0 Å². The molecule has 2 aromatic rings. The largest absolute Gasteiger partial charge is 0.353 e. The van der Waals surface area contributed by atoms with E-state index in [4.69, 9.17) is 4.63 Å². The topological polar surface area (TPSA) is 113 Å². The van der Waals surface area contributed by atoms with E-state index in [2.05, 4.69) is 36.6 Å². The molecule has 0 radical (unpaired) electrons. The Kier molecular flexibility index (Phi) is 5.66. The first kappa shape index (κ1) is 17.8. The molecule has 132 valence electrons. The third-order valence-electron chi connectivity index (χ3n) is 3.44. The summed E-state index contributed by atoms with van der Waals surface area (Å²) >= 11 is 4.41. The van der Waals surface area contributed by atoms with Crippen molar-refractivity contribution in [2.75, 3.05) is 5.75 Å². The highest BCUT2D eigenvalue weighted by Crippen LogP contribution is 2.25. The van der Waals surface area contributed by atoms with Crippen LogP contribution >= 0.6 is 27.7 Å². The zero-order valence-electron chi connectivity index (χ0n) is 12.7. The van der Waals surface area contributed by atoms with E-state index in [0.717, 1.165) is 6.42 Å². The summed E-state index contributed by atoms with van der Waals surface area (Å²) in [5, 5.41) is 20.2. The van der Waals surface area contributed by atoms with Crippen LogP contribution in [-0.4, -0.2) is 39.1 Å². The van der Waals surface area contributed by atoms with E-state index >= 15 is 0 Å². The van der Waals surface area contributed by atoms with Crippen molar-refractivity contribution in [3.63, 3.8) is 0 Å². The summed E-state index contributed by atoms with van der Waals surface area (Å²) in [5.74, 6) is 0.215. The number of nitrogens with one attached hydrogen (secondary N) is 2. The third-order valence-corrected chi connectivity index (χ3v) is 5.16. The smallest absolute Gasteiger partial charge is 0.220 e. The number of benzene rings is 1. The average molecular weight is 430 g/mol. The number of halogens is 2. The summed E-state index contributed by atoms with van der Waals surface area (Å²) in [6.07, 6.45) is 1.27. The van der Waals surface area contributed by atoms with Gasteiger partial charge in [-0.15, -0.1) is 0 Å². The van der Waals surface area contributed by atoms with Gasteiger partial charge in [-0.05, 0) is 50.9 Å². The minimum absolute atomic E-state index is 0.0118. The van der Waals surface area contributed by atoms with Gasteiger partial charge in [-0.1, -0.05) is 11.8 Å². The fourth-order valence-electron chi connectivity index (χ4n) is 2.22. The number of hydroxylamine groups is 1. The van der Waals surface area contributed by atoms with Crippen LogP contribution in [-0.2, 0) is 4.79 Å². The lowest BCUT2D eigenvalue weighted by atomic mass is 10.2. The van der Waals surface area contributed by atoms with Gasteiger partial charge in [0.2, 0.25) is 5.91 Å². The number of aliphatic imine (C=N–C) groups is 1. The standard InChI is InChI=1S/C14H13BrFN5O3S/c15-9-5-7(1-3-10(9)16)18-13(19-23)12-14(21-24-20-12)25-6-8-2-4-11(22)17-8/h1,3,5,8,23H,2,4,6H2,(H,17,22)(H,18,19)/t8-/m0/s1. The zero-order chi connectivity index (χ0) is 17.8. The van der Waals surface area contributed by atoms with Crippen LogP contribution in [0.25, 0.3) is 0 Å².